The number of sulfonamides is 1. The number of likely N-dealkylation sites (N-methyl/N-ethyl adjacent to an activating group) is 1. The van der Waals surface area contributed by atoms with E-state index in [1.54, 1.807) is 42.5 Å². The Kier molecular flexibility index (Phi) is 10.6. The third kappa shape index (κ3) is 7.83. The Hall–Kier alpha value is -4.14. The van der Waals surface area contributed by atoms with Crippen molar-refractivity contribution in [3.8, 4) is 0 Å². The average molecular weight is 618 g/mol. The van der Waals surface area contributed by atoms with Crippen molar-refractivity contribution in [2.24, 2.45) is 0 Å². The summed E-state index contributed by atoms with van der Waals surface area (Å²) in [7, 11) is -4.15. The van der Waals surface area contributed by atoms with E-state index in [9.17, 15) is 18.0 Å². The summed E-state index contributed by atoms with van der Waals surface area (Å²) in [6.45, 7) is 5.41. The SMILES string of the molecule is CCNC(=O)[C@H](Cc1ccccc1)N(Cc1ccccc1Cl)C(=O)CN(c1ccc(C)cc1C)S(=O)(=O)c1ccccc1. The molecule has 1 N–H and O–H groups in total. The van der Waals surface area contributed by atoms with Crippen LogP contribution in [-0.2, 0) is 32.6 Å². The predicted octanol–water partition coefficient (Wildman–Crippen LogP) is 5.93. The summed E-state index contributed by atoms with van der Waals surface area (Å²) in [4.78, 5) is 29.5. The largest absolute Gasteiger partial charge is 0.355 e. The lowest BCUT2D eigenvalue weighted by Gasteiger charge is -2.34. The standard InChI is InChI=1S/C34H36ClN3O4S/c1-4-36-34(40)32(22-27-13-7-5-8-14-27)37(23-28-15-11-12-18-30(28)35)33(39)24-38(31-20-19-25(2)21-26(31)3)43(41,42)29-16-9-6-10-17-29/h5-21,32H,4,22-24H2,1-3H3,(H,36,40)/t32-/m0/s1. The molecule has 2 amide bonds. The number of carbonyl (C=O) groups excluding carboxylic acids is 2. The molecule has 0 aliphatic heterocycles. The molecule has 7 nitrogen and oxygen atoms in total. The van der Waals surface area contributed by atoms with Crippen molar-refractivity contribution in [1.29, 1.82) is 0 Å². The van der Waals surface area contributed by atoms with E-state index in [-0.39, 0.29) is 23.8 Å². The van der Waals surface area contributed by atoms with Crippen LogP contribution in [0.2, 0.25) is 5.02 Å². The molecule has 4 aromatic carbocycles. The quantitative estimate of drug-likeness (QED) is 0.214. The Labute approximate surface area is 259 Å². The van der Waals surface area contributed by atoms with Gasteiger partial charge in [-0.05, 0) is 61.7 Å². The minimum Gasteiger partial charge on any atom is -0.355 e. The third-order valence-electron chi connectivity index (χ3n) is 7.15. The van der Waals surface area contributed by atoms with Gasteiger partial charge >= 0.3 is 0 Å². The molecule has 0 spiro atoms. The molecule has 0 aromatic heterocycles. The van der Waals surface area contributed by atoms with Gasteiger partial charge in [0.05, 0.1) is 10.6 Å². The molecule has 0 saturated carbocycles. The number of hydrogen-bond acceptors (Lipinski definition) is 4. The maximum atomic E-state index is 14.4. The molecule has 4 rings (SSSR count). The van der Waals surface area contributed by atoms with E-state index >= 15 is 0 Å². The third-order valence-corrected chi connectivity index (χ3v) is 9.29. The summed E-state index contributed by atoms with van der Waals surface area (Å²) < 4.78 is 29.3. The Morgan fingerprint density at radius 1 is 0.860 bits per heavy atom. The fourth-order valence-electron chi connectivity index (χ4n) is 4.97. The first-order chi connectivity index (χ1) is 20.6. The summed E-state index contributed by atoms with van der Waals surface area (Å²) in [5, 5.41) is 3.30. The highest BCUT2D eigenvalue weighted by molar-refractivity contribution is 7.92. The number of rotatable bonds is 12. The highest BCUT2D eigenvalue weighted by Gasteiger charge is 2.35. The van der Waals surface area contributed by atoms with Crippen LogP contribution in [0.4, 0.5) is 5.69 Å². The summed E-state index contributed by atoms with van der Waals surface area (Å²) in [5.41, 5.74) is 3.56. The van der Waals surface area contributed by atoms with E-state index < -0.39 is 28.5 Å². The van der Waals surface area contributed by atoms with Crippen molar-refractivity contribution in [1.82, 2.24) is 10.2 Å². The van der Waals surface area contributed by atoms with Crippen LogP contribution in [0.1, 0.15) is 29.2 Å². The Morgan fingerprint density at radius 2 is 1.49 bits per heavy atom. The molecule has 43 heavy (non-hydrogen) atoms. The van der Waals surface area contributed by atoms with E-state index in [0.717, 1.165) is 15.4 Å². The molecule has 1 atom stereocenters. The van der Waals surface area contributed by atoms with E-state index in [1.807, 2.05) is 69.3 Å². The molecular formula is C34H36ClN3O4S. The molecule has 0 aliphatic rings. The second-order valence-corrected chi connectivity index (χ2v) is 12.6. The van der Waals surface area contributed by atoms with Gasteiger partial charge in [-0.15, -0.1) is 0 Å². The van der Waals surface area contributed by atoms with Gasteiger partial charge < -0.3 is 10.2 Å². The second kappa shape index (κ2) is 14.4. The van der Waals surface area contributed by atoms with Crippen LogP contribution in [0.15, 0.2) is 108 Å². The van der Waals surface area contributed by atoms with Crippen molar-refractivity contribution in [2.75, 3.05) is 17.4 Å². The molecule has 0 bridgehead atoms. The van der Waals surface area contributed by atoms with E-state index in [1.165, 1.54) is 17.0 Å². The Bertz CT molecular complexity index is 1660. The molecule has 0 unspecified atom stereocenters. The maximum absolute atomic E-state index is 14.4. The number of halogens is 1. The van der Waals surface area contributed by atoms with Crippen LogP contribution < -0.4 is 9.62 Å². The summed E-state index contributed by atoms with van der Waals surface area (Å²) in [6.07, 6.45) is 0.234. The van der Waals surface area contributed by atoms with Gasteiger partial charge in [0.1, 0.15) is 12.6 Å². The fraction of sp³-hybridized carbons (Fsp3) is 0.235. The van der Waals surface area contributed by atoms with Crippen LogP contribution in [0.3, 0.4) is 0 Å². The average Bonchev–Trinajstić information content (AvgIpc) is 3.00. The molecule has 0 fully saturated rings. The maximum Gasteiger partial charge on any atom is 0.264 e. The van der Waals surface area contributed by atoms with Gasteiger partial charge in [-0.3, -0.25) is 13.9 Å². The lowest BCUT2D eigenvalue weighted by Crippen LogP contribution is -2.53. The van der Waals surface area contributed by atoms with E-state index in [4.69, 9.17) is 11.6 Å². The minimum absolute atomic E-state index is 0.0131. The zero-order valence-corrected chi connectivity index (χ0v) is 26.1. The molecule has 9 heteroatoms. The van der Waals surface area contributed by atoms with E-state index in [2.05, 4.69) is 5.32 Å². The number of carbonyl (C=O) groups is 2. The van der Waals surface area contributed by atoms with Gasteiger partial charge in [0.25, 0.3) is 10.0 Å². The molecule has 0 heterocycles. The Morgan fingerprint density at radius 3 is 2.12 bits per heavy atom. The van der Waals surface area contributed by atoms with Crippen molar-refractivity contribution < 1.29 is 18.0 Å². The predicted molar refractivity (Wildman–Crippen MR) is 172 cm³/mol. The molecule has 0 radical (unpaired) electrons. The highest BCUT2D eigenvalue weighted by Crippen LogP contribution is 2.29. The van der Waals surface area contributed by atoms with Crippen LogP contribution in [-0.4, -0.2) is 44.3 Å². The van der Waals surface area contributed by atoms with Crippen molar-refractivity contribution in [3.63, 3.8) is 0 Å². The molecule has 0 saturated heterocycles. The van der Waals surface area contributed by atoms with Crippen molar-refractivity contribution in [2.45, 2.75) is 44.7 Å². The fourth-order valence-corrected chi connectivity index (χ4v) is 6.67. The molecule has 0 aliphatic carbocycles. The number of benzene rings is 4. The summed E-state index contributed by atoms with van der Waals surface area (Å²) in [5.74, 6) is -0.873. The number of aryl methyl sites for hydroxylation is 2. The first kappa shape index (κ1) is 31.8. The molecule has 224 valence electrons. The van der Waals surface area contributed by atoms with Crippen molar-refractivity contribution in [3.05, 3.63) is 130 Å². The lowest BCUT2D eigenvalue weighted by molar-refractivity contribution is -0.140. The minimum atomic E-state index is -4.15. The number of anilines is 1. The zero-order chi connectivity index (χ0) is 31.0. The van der Waals surface area contributed by atoms with Crippen LogP contribution in [0.5, 0.6) is 0 Å². The number of hydrogen-bond donors (Lipinski definition) is 1. The smallest absolute Gasteiger partial charge is 0.264 e. The summed E-state index contributed by atoms with van der Waals surface area (Å²) in [6, 6.07) is 29.0. The first-order valence-electron chi connectivity index (χ1n) is 14.1. The van der Waals surface area contributed by atoms with Gasteiger partial charge in [-0.1, -0.05) is 96.0 Å². The molecule has 4 aromatic rings. The normalized spacial score (nSPS) is 11.9. The summed E-state index contributed by atoms with van der Waals surface area (Å²) >= 11 is 6.52. The van der Waals surface area contributed by atoms with Gasteiger partial charge in [0.15, 0.2) is 0 Å². The van der Waals surface area contributed by atoms with Gasteiger partial charge in [0, 0.05) is 24.5 Å². The van der Waals surface area contributed by atoms with E-state index in [0.29, 0.717) is 28.4 Å². The van der Waals surface area contributed by atoms with Crippen LogP contribution in [0, 0.1) is 13.8 Å². The lowest BCUT2D eigenvalue weighted by atomic mass is 10.0. The number of amides is 2. The van der Waals surface area contributed by atoms with Crippen molar-refractivity contribution >= 4 is 39.1 Å². The van der Waals surface area contributed by atoms with Gasteiger partial charge in [-0.2, -0.15) is 0 Å². The van der Waals surface area contributed by atoms with Crippen LogP contribution in [0.25, 0.3) is 0 Å². The number of nitrogens with one attached hydrogen (secondary N) is 1. The second-order valence-electron chi connectivity index (χ2n) is 10.3. The number of nitrogens with zero attached hydrogens (tertiary/aromatic N) is 2. The van der Waals surface area contributed by atoms with Gasteiger partial charge in [0.2, 0.25) is 11.8 Å². The molecular weight excluding hydrogens is 582 g/mol. The zero-order valence-electron chi connectivity index (χ0n) is 24.5. The Balaban J connectivity index is 1.82. The first-order valence-corrected chi connectivity index (χ1v) is 15.9. The van der Waals surface area contributed by atoms with Crippen LogP contribution >= 0.6 is 11.6 Å². The highest BCUT2D eigenvalue weighted by atomic mass is 35.5. The monoisotopic (exact) mass is 617 g/mol. The topological polar surface area (TPSA) is 86.8 Å². The van der Waals surface area contributed by atoms with Gasteiger partial charge in [-0.25, -0.2) is 8.42 Å².